The topological polar surface area (TPSA) is 50.9 Å². The monoisotopic (exact) mass is 271 g/mol. The minimum atomic E-state index is 0.136. The van der Waals surface area contributed by atoms with Crippen molar-refractivity contribution in [3.8, 4) is 0 Å². The van der Waals surface area contributed by atoms with Crippen LogP contribution in [-0.2, 0) is 6.42 Å². The van der Waals surface area contributed by atoms with Crippen LogP contribution in [0.15, 0.2) is 22.9 Å². The summed E-state index contributed by atoms with van der Waals surface area (Å²) in [6, 6.07) is 2.32. The minimum absolute atomic E-state index is 0.136. The summed E-state index contributed by atoms with van der Waals surface area (Å²) in [6.45, 7) is 6.51. The predicted molar refractivity (Wildman–Crippen MR) is 66.2 cm³/mol. The van der Waals surface area contributed by atoms with Gasteiger partial charge in [0.2, 0.25) is 0 Å². The maximum Gasteiger partial charge on any atom is 0.0410 e. The number of nitrogens with one attached hydrogen (secondary N) is 1. The molecule has 84 valence electrons. The normalized spacial score (nSPS) is 13.9. The van der Waals surface area contributed by atoms with Gasteiger partial charge in [-0.3, -0.25) is 16.3 Å². The molecule has 1 aromatic rings. The first-order valence-electron chi connectivity index (χ1n) is 4.99. The molecule has 1 unspecified atom stereocenters. The van der Waals surface area contributed by atoms with Gasteiger partial charge in [0.25, 0.3) is 0 Å². The van der Waals surface area contributed by atoms with Gasteiger partial charge in [-0.1, -0.05) is 20.8 Å². The van der Waals surface area contributed by atoms with Crippen LogP contribution in [0.2, 0.25) is 0 Å². The third-order valence-corrected chi connectivity index (χ3v) is 2.88. The Kier molecular flexibility index (Phi) is 4.25. The van der Waals surface area contributed by atoms with E-state index in [1.54, 1.807) is 6.20 Å². The van der Waals surface area contributed by atoms with E-state index in [9.17, 15) is 0 Å². The van der Waals surface area contributed by atoms with Crippen molar-refractivity contribution in [1.29, 1.82) is 0 Å². The summed E-state index contributed by atoms with van der Waals surface area (Å²) in [5, 5.41) is 0. The van der Waals surface area contributed by atoms with Crippen molar-refractivity contribution in [2.75, 3.05) is 0 Å². The fourth-order valence-corrected chi connectivity index (χ4v) is 1.83. The number of nitrogens with zero attached hydrogens (tertiary/aromatic N) is 1. The first-order chi connectivity index (χ1) is 6.93. The molecule has 15 heavy (non-hydrogen) atoms. The second-order valence-corrected chi connectivity index (χ2v) is 5.72. The molecule has 3 N–H and O–H groups in total. The number of nitrogens with two attached hydrogens (primary N) is 1. The lowest BCUT2D eigenvalue weighted by Gasteiger charge is -2.30. The first-order valence-corrected chi connectivity index (χ1v) is 5.78. The molecule has 0 aliphatic heterocycles. The third kappa shape index (κ3) is 3.89. The number of pyridine rings is 1. The lowest BCUT2D eigenvalue weighted by molar-refractivity contribution is 0.268. The van der Waals surface area contributed by atoms with E-state index in [4.69, 9.17) is 5.84 Å². The molecular formula is C11H18BrN3. The molecule has 0 saturated carbocycles. The van der Waals surface area contributed by atoms with Crippen LogP contribution >= 0.6 is 15.9 Å². The van der Waals surface area contributed by atoms with Crippen LogP contribution in [0.4, 0.5) is 0 Å². The van der Waals surface area contributed by atoms with Crippen LogP contribution in [0.25, 0.3) is 0 Å². The Balaban J connectivity index is 2.76. The molecule has 0 aliphatic carbocycles. The second-order valence-electron chi connectivity index (χ2n) is 4.80. The smallest absolute Gasteiger partial charge is 0.0410 e. The quantitative estimate of drug-likeness (QED) is 0.655. The zero-order valence-corrected chi connectivity index (χ0v) is 11.0. The van der Waals surface area contributed by atoms with Gasteiger partial charge in [-0.15, -0.1) is 0 Å². The molecule has 0 spiro atoms. The van der Waals surface area contributed by atoms with Crippen LogP contribution in [-0.4, -0.2) is 11.0 Å². The lowest BCUT2D eigenvalue weighted by atomic mass is 9.84. The molecule has 1 heterocycles. The fraction of sp³-hybridized carbons (Fsp3) is 0.545. The summed E-state index contributed by atoms with van der Waals surface area (Å²) in [5.41, 5.74) is 4.19. The summed E-state index contributed by atoms with van der Waals surface area (Å²) in [4.78, 5) is 4.14. The molecule has 0 aliphatic rings. The van der Waals surface area contributed by atoms with Gasteiger partial charge >= 0.3 is 0 Å². The van der Waals surface area contributed by atoms with Crippen molar-refractivity contribution in [2.45, 2.75) is 33.2 Å². The molecule has 3 nitrogen and oxygen atoms in total. The van der Waals surface area contributed by atoms with E-state index in [1.807, 2.05) is 6.20 Å². The summed E-state index contributed by atoms with van der Waals surface area (Å²) >= 11 is 3.41. The van der Waals surface area contributed by atoms with Gasteiger partial charge in [0.05, 0.1) is 0 Å². The molecule has 4 heteroatoms. The van der Waals surface area contributed by atoms with Crippen molar-refractivity contribution in [3.05, 3.63) is 28.5 Å². The Bertz CT molecular complexity index is 320. The molecule has 1 rings (SSSR count). The highest BCUT2D eigenvalue weighted by molar-refractivity contribution is 9.10. The summed E-state index contributed by atoms with van der Waals surface area (Å²) in [5.74, 6) is 5.56. The van der Waals surface area contributed by atoms with E-state index in [-0.39, 0.29) is 11.5 Å². The van der Waals surface area contributed by atoms with Crippen LogP contribution < -0.4 is 11.3 Å². The van der Waals surface area contributed by atoms with Gasteiger partial charge in [0.1, 0.15) is 0 Å². The molecule has 0 bridgehead atoms. The number of rotatable bonds is 3. The van der Waals surface area contributed by atoms with E-state index in [0.29, 0.717) is 0 Å². The molecule has 0 radical (unpaired) electrons. The Morgan fingerprint density at radius 1 is 1.47 bits per heavy atom. The van der Waals surface area contributed by atoms with E-state index >= 15 is 0 Å². The first kappa shape index (κ1) is 12.6. The van der Waals surface area contributed by atoms with Gasteiger partial charge < -0.3 is 0 Å². The van der Waals surface area contributed by atoms with Crippen molar-refractivity contribution < 1.29 is 0 Å². The number of hydrazine groups is 1. The number of hydrogen-bond acceptors (Lipinski definition) is 3. The highest BCUT2D eigenvalue weighted by Gasteiger charge is 2.23. The van der Waals surface area contributed by atoms with Crippen molar-refractivity contribution in [2.24, 2.45) is 11.3 Å². The zero-order chi connectivity index (χ0) is 11.5. The number of hydrogen-bond donors (Lipinski definition) is 2. The van der Waals surface area contributed by atoms with Crippen molar-refractivity contribution in [3.63, 3.8) is 0 Å². The van der Waals surface area contributed by atoms with Crippen LogP contribution in [0.3, 0.4) is 0 Å². The molecule has 0 fully saturated rings. The number of halogens is 1. The average Bonchev–Trinajstić information content (AvgIpc) is 2.12. The molecule has 1 aromatic heterocycles. The van der Waals surface area contributed by atoms with Gasteiger partial charge in [0.15, 0.2) is 0 Å². The Labute approximate surface area is 99.6 Å². The molecule has 0 amide bonds. The van der Waals surface area contributed by atoms with Crippen LogP contribution in [0.1, 0.15) is 26.3 Å². The maximum atomic E-state index is 5.56. The molecule has 0 aromatic carbocycles. The average molecular weight is 272 g/mol. The maximum absolute atomic E-state index is 5.56. The van der Waals surface area contributed by atoms with Crippen LogP contribution in [0, 0.1) is 5.41 Å². The SMILES string of the molecule is CC(C)(C)C(Cc1cncc(Br)c1)NN. The zero-order valence-electron chi connectivity index (χ0n) is 9.42. The van der Waals surface area contributed by atoms with E-state index in [0.717, 1.165) is 10.9 Å². The van der Waals surface area contributed by atoms with Gasteiger partial charge in [-0.05, 0) is 39.4 Å². The predicted octanol–water partition coefficient (Wildman–Crippen LogP) is 2.26. The Morgan fingerprint density at radius 3 is 2.60 bits per heavy atom. The Morgan fingerprint density at radius 2 is 2.13 bits per heavy atom. The lowest BCUT2D eigenvalue weighted by Crippen LogP contribution is -2.45. The van der Waals surface area contributed by atoms with Crippen molar-refractivity contribution in [1.82, 2.24) is 10.4 Å². The fourth-order valence-electron chi connectivity index (χ4n) is 1.42. The standard InChI is InChI=1S/C11H18BrN3/c1-11(2,3)10(15-13)5-8-4-9(12)7-14-6-8/h4,6-7,10,15H,5,13H2,1-3H3. The van der Waals surface area contributed by atoms with Gasteiger partial charge in [0, 0.05) is 22.9 Å². The minimum Gasteiger partial charge on any atom is -0.271 e. The van der Waals surface area contributed by atoms with Crippen molar-refractivity contribution >= 4 is 15.9 Å². The highest BCUT2D eigenvalue weighted by atomic mass is 79.9. The molecular weight excluding hydrogens is 254 g/mol. The molecule has 1 atom stereocenters. The van der Waals surface area contributed by atoms with Gasteiger partial charge in [-0.2, -0.15) is 0 Å². The van der Waals surface area contributed by atoms with Crippen LogP contribution in [0.5, 0.6) is 0 Å². The third-order valence-electron chi connectivity index (χ3n) is 2.45. The molecule has 0 saturated heterocycles. The summed E-state index contributed by atoms with van der Waals surface area (Å²) in [6.07, 6.45) is 4.54. The number of aromatic nitrogens is 1. The van der Waals surface area contributed by atoms with E-state index in [2.05, 4.69) is 53.2 Å². The highest BCUT2D eigenvalue weighted by Crippen LogP contribution is 2.22. The Hall–Kier alpha value is -0.450. The summed E-state index contributed by atoms with van der Waals surface area (Å²) in [7, 11) is 0. The summed E-state index contributed by atoms with van der Waals surface area (Å²) < 4.78 is 1.00. The van der Waals surface area contributed by atoms with E-state index < -0.39 is 0 Å². The second kappa shape index (κ2) is 5.05. The largest absolute Gasteiger partial charge is 0.271 e. The van der Waals surface area contributed by atoms with Gasteiger partial charge in [-0.25, -0.2) is 0 Å². The van der Waals surface area contributed by atoms with E-state index in [1.165, 1.54) is 5.56 Å².